The summed E-state index contributed by atoms with van der Waals surface area (Å²) in [5, 5.41) is 0. The van der Waals surface area contributed by atoms with Gasteiger partial charge in [-0.2, -0.15) is 0 Å². The summed E-state index contributed by atoms with van der Waals surface area (Å²) in [6.45, 7) is 17.8. The van der Waals surface area contributed by atoms with Crippen molar-refractivity contribution < 1.29 is 4.74 Å². The third kappa shape index (κ3) is 15.1. The fraction of sp³-hybridized carbons (Fsp3) is 0.600. The lowest BCUT2D eigenvalue weighted by molar-refractivity contribution is 0.192. The third-order valence-corrected chi connectivity index (χ3v) is 3.45. The van der Waals surface area contributed by atoms with Crippen molar-refractivity contribution in [3.05, 3.63) is 47.6 Å². The van der Waals surface area contributed by atoms with Gasteiger partial charge >= 0.3 is 0 Å². The Hall–Kier alpha value is -1.08. The average molecular weight is 290 g/mol. The van der Waals surface area contributed by atoms with Gasteiger partial charge in [-0.15, -0.1) is 13.2 Å². The molecule has 0 rings (SSSR count). The van der Waals surface area contributed by atoms with Gasteiger partial charge in [0, 0.05) is 0 Å². The molecule has 21 heavy (non-hydrogen) atoms. The Balaban J connectivity index is 3.68. The Morgan fingerprint density at radius 2 is 1.10 bits per heavy atom. The topological polar surface area (TPSA) is 9.23 Å². The molecule has 0 heterocycles. The predicted molar refractivity (Wildman–Crippen MR) is 95.7 cm³/mol. The van der Waals surface area contributed by atoms with E-state index in [9.17, 15) is 0 Å². The maximum Gasteiger partial charge on any atom is 0.0654 e. The van der Waals surface area contributed by atoms with E-state index in [1.54, 1.807) is 0 Å². The molecule has 0 aliphatic carbocycles. The quantitative estimate of drug-likeness (QED) is 0.299. The van der Waals surface area contributed by atoms with Crippen molar-refractivity contribution >= 4 is 0 Å². The number of allylic oxidation sites excluding steroid dienone is 4. The van der Waals surface area contributed by atoms with Gasteiger partial charge in [0.05, 0.1) is 13.2 Å². The van der Waals surface area contributed by atoms with Gasteiger partial charge in [-0.3, -0.25) is 0 Å². The van der Waals surface area contributed by atoms with Crippen molar-refractivity contribution in [3.8, 4) is 0 Å². The van der Waals surface area contributed by atoms with Crippen molar-refractivity contribution in [2.75, 3.05) is 13.2 Å². The summed E-state index contributed by atoms with van der Waals surface area (Å²) in [7, 11) is 0. The van der Waals surface area contributed by atoms with Crippen LogP contribution in [0.4, 0.5) is 0 Å². The molecule has 1 heteroatoms. The summed E-state index contributed by atoms with van der Waals surface area (Å²) in [5.74, 6) is 0. The highest BCUT2D eigenvalue weighted by molar-refractivity contribution is 5.01. The zero-order valence-corrected chi connectivity index (χ0v) is 14.6. The number of hydrogen-bond donors (Lipinski definition) is 0. The molecule has 0 radical (unpaired) electrons. The second-order valence-corrected chi connectivity index (χ2v) is 6.26. The first-order valence-electron chi connectivity index (χ1n) is 8.09. The van der Waals surface area contributed by atoms with Crippen molar-refractivity contribution in [1.29, 1.82) is 0 Å². The van der Waals surface area contributed by atoms with E-state index >= 15 is 0 Å². The van der Waals surface area contributed by atoms with Crippen LogP contribution in [0, 0.1) is 0 Å². The molecule has 1 nitrogen and oxygen atoms in total. The summed E-state index contributed by atoms with van der Waals surface area (Å²) in [4.78, 5) is 0. The molecule has 0 aliphatic heterocycles. The number of hydrogen-bond acceptors (Lipinski definition) is 1. The molecule has 0 unspecified atom stereocenters. The summed E-state index contributed by atoms with van der Waals surface area (Å²) >= 11 is 0. The van der Waals surface area contributed by atoms with Crippen molar-refractivity contribution in [2.24, 2.45) is 0 Å². The van der Waals surface area contributed by atoms with Gasteiger partial charge in [0.15, 0.2) is 0 Å². The first kappa shape index (κ1) is 19.9. The lowest BCUT2D eigenvalue weighted by Gasteiger charge is -2.04. The normalized spacial score (nSPS) is 12.6. The van der Waals surface area contributed by atoms with E-state index in [0.717, 1.165) is 25.7 Å². The van der Waals surface area contributed by atoms with E-state index in [1.807, 2.05) is 0 Å². The van der Waals surface area contributed by atoms with E-state index in [1.165, 1.54) is 35.1 Å². The summed E-state index contributed by atoms with van der Waals surface area (Å²) in [5.41, 5.74) is 5.37. The molecule has 0 N–H and O–H groups in total. The molecule has 0 fully saturated rings. The Bertz CT molecular complexity index is 335. The fourth-order valence-electron chi connectivity index (χ4n) is 2.01. The average Bonchev–Trinajstić information content (AvgIpc) is 2.37. The molecule has 120 valence electrons. The third-order valence-electron chi connectivity index (χ3n) is 3.45. The first-order valence-corrected chi connectivity index (χ1v) is 8.09. The van der Waals surface area contributed by atoms with Crippen LogP contribution >= 0.6 is 0 Å². The Kier molecular flexibility index (Phi) is 12.0. The molecule has 0 amide bonds. The Labute approximate surface area is 132 Å². The standard InChI is InChI=1S/C20H34O/c1-17(2)9-7-11-19(5)13-15-21-16-14-20(6)12-8-10-18(3)4/h13-14H,1,3,7-12,15-16H2,2,4-6H3. The van der Waals surface area contributed by atoms with Gasteiger partial charge in [0.1, 0.15) is 0 Å². The number of rotatable bonds is 12. The molecular weight excluding hydrogens is 256 g/mol. The van der Waals surface area contributed by atoms with Crippen LogP contribution in [0.15, 0.2) is 47.6 Å². The van der Waals surface area contributed by atoms with Gasteiger partial charge in [-0.05, 0) is 66.2 Å². The molecule has 0 atom stereocenters. The van der Waals surface area contributed by atoms with Gasteiger partial charge in [-0.25, -0.2) is 0 Å². The van der Waals surface area contributed by atoms with E-state index in [-0.39, 0.29) is 0 Å². The van der Waals surface area contributed by atoms with E-state index in [4.69, 9.17) is 4.74 Å². The Morgan fingerprint density at radius 3 is 1.43 bits per heavy atom. The molecular formula is C20H34O. The van der Waals surface area contributed by atoms with E-state index in [2.05, 4.69) is 53.0 Å². The monoisotopic (exact) mass is 290 g/mol. The molecule has 0 saturated heterocycles. The van der Waals surface area contributed by atoms with Crippen LogP contribution < -0.4 is 0 Å². The highest BCUT2D eigenvalue weighted by Gasteiger charge is 1.93. The minimum atomic E-state index is 0.717. The first-order chi connectivity index (χ1) is 9.91. The SMILES string of the molecule is C=C(C)CCCC(C)=CCOCC=C(C)CCCC(=C)C. The zero-order valence-electron chi connectivity index (χ0n) is 14.6. The van der Waals surface area contributed by atoms with Crippen LogP contribution in [0.1, 0.15) is 66.2 Å². The van der Waals surface area contributed by atoms with Crippen LogP contribution in [0.2, 0.25) is 0 Å². The van der Waals surface area contributed by atoms with Crippen LogP contribution in [0.5, 0.6) is 0 Å². The lowest BCUT2D eigenvalue weighted by atomic mass is 10.1. The minimum absolute atomic E-state index is 0.717. The van der Waals surface area contributed by atoms with E-state index in [0.29, 0.717) is 13.2 Å². The lowest BCUT2D eigenvalue weighted by Crippen LogP contribution is -1.94. The summed E-state index contributed by atoms with van der Waals surface area (Å²) < 4.78 is 5.64. The van der Waals surface area contributed by atoms with Crippen LogP contribution in [0.3, 0.4) is 0 Å². The largest absolute Gasteiger partial charge is 0.373 e. The zero-order chi connectivity index (χ0) is 16.1. The second kappa shape index (κ2) is 12.6. The molecule has 0 bridgehead atoms. The van der Waals surface area contributed by atoms with Crippen LogP contribution in [-0.2, 0) is 4.74 Å². The molecule has 0 spiro atoms. The highest BCUT2D eigenvalue weighted by atomic mass is 16.5. The van der Waals surface area contributed by atoms with Gasteiger partial charge in [-0.1, -0.05) is 34.4 Å². The molecule has 0 aromatic rings. The van der Waals surface area contributed by atoms with Crippen LogP contribution in [-0.4, -0.2) is 13.2 Å². The fourth-order valence-corrected chi connectivity index (χ4v) is 2.01. The maximum absolute atomic E-state index is 5.64. The molecule has 0 aromatic heterocycles. The predicted octanol–water partition coefficient (Wildman–Crippen LogP) is 6.39. The Morgan fingerprint density at radius 1 is 0.714 bits per heavy atom. The summed E-state index contributed by atoms with van der Waals surface area (Å²) in [6, 6.07) is 0. The van der Waals surface area contributed by atoms with Gasteiger partial charge < -0.3 is 4.74 Å². The second-order valence-electron chi connectivity index (χ2n) is 6.26. The van der Waals surface area contributed by atoms with Crippen molar-refractivity contribution in [3.63, 3.8) is 0 Å². The highest BCUT2D eigenvalue weighted by Crippen LogP contribution is 2.11. The summed E-state index contributed by atoms with van der Waals surface area (Å²) in [6.07, 6.45) is 11.3. The van der Waals surface area contributed by atoms with Crippen molar-refractivity contribution in [1.82, 2.24) is 0 Å². The van der Waals surface area contributed by atoms with Crippen molar-refractivity contribution in [2.45, 2.75) is 66.2 Å². The molecule has 0 aromatic carbocycles. The van der Waals surface area contributed by atoms with Crippen LogP contribution in [0.25, 0.3) is 0 Å². The maximum atomic E-state index is 5.64. The smallest absolute Gasteiger partial charge is 0.0654 e. The molecule has 0 aliphatic rings. The van der Waals surface area contributed by atoms with Gasteiger partial charge in [0.2, 0.25) is 0 Å². The minimum Gasteiger partial charge on any atom is -0.373 e. The molecule has 0 saturated carbocycles. The van der Waals surface area contributed by atoms with Gasteiger partial charge in [0.25, 0.3) is 0 Å². The number of ether oxygens (including phenoxy) is 1. The van der Waals surface area contributed by atoms with E-state index < -0.39 is 0 Å².